The van der Waals surface area contributed by atoms with E-state index in [1.807, 2.05) is 34.6 Å². The van der Waals surface area contributed by atoms with Gasteiger partial charge < -0.3 is 19.7 Å². The minimum Gasteiger partial charge on any atom is -0.492 e. The lowest BCUT2D eigenvalue weighted by Gasteiger charge is -2.32. The Hall–Kier alpha value is -2.70. The van der Waals surface area contributed by atoms with Gasteiger partial charge in [-0.1, -0.05) is 29.4 Å². The molecule has 10 heteroatoms. The van der Waals surface area contributed by atoms with Crippen LogP contribution in [0.5, 0.6) is 5.75 Å². The third-order valence-electron chi connectivity index (χ3n) is 5.34. The van der Waals surface area contributed by atoms with Crippen molar-refractivity contribution in [2.45, 2.75) is 52.6 Å². The van der Waals surface area contributed by atoms with Crippen molar-refractivity contribution in [3.8, 4) is 11.8 Å². The summed E-state index contributed by atoms with van der Waals surface area (Å²) < 4.78 is 10.3. The van der Waals surface area contributed by atoms with E-state index in [4.69, 9.17) is 21.1 Å². The molecule has 0 saturated carbocycles. The quantitative estimate of drug-likeness (QED) is 0.399. The number of nitriles is 1. The molecule has 0 bridgehead atoms. The number of carbonyl (C=O) groups is 3. The number of methoxy groups -OCH3 is 1. The second-order valence-electron chi connectivity index (χ2n) is 8.22. The summed E-state index contributed by atoms with van der Waals surface area (Å²) in [4.78, 5) is 40.1. The highest BCUT2D eigenvalue weighted by molar-refractivity contribution is 8.03. The van der Waals surface area contributed by atoms with Crippen molar-refractivity contribution in [2.24, 2.45) is 5.92 Å². The zero-order valence-electron chi connectivity index (χ0n) is 20.2. The van der Waals surface area contributed by atoms with Crippen molar-refractivity contribution >= 4 is 41.1 Å². The van der Waals surface area contributed by atoms with E-state index in [0.717, 1.165) is 11.8 Å². The Labute approximate surface area is 209 Å². The van der Waals surface area contributed by atoms with Crippen LogP contribution in [-0.4, -0.2) is 54.2 Å². The van der Waals surface area contributed by atoms with E-state index < -0.39 is 23.7 Å². The number of benzene rings is 1. The fraction of sp³-hybridized carbons (Fsp3) is 0.500. The van der Waals surface area contributed by atoms with E-state index >= 15 is 0 Å². The van der Waals surface area contributed by atoms with Gasteiger partial charge in [-0.05, 0) is 52.3 Å². The normalized spacial score (nSPS) is 17.9. The molecule has 2 atom stereocenters. The van der Waals surface area contributed by atoms with E-state index in [1.54, 1.807) is 23.1 Å². The van der Waals surface area contributed by atoms with Gasteiger partial charge in [0.25, 0.3) is 0 Å². The molecule has 0 aromatic heterocycles. The molecule has 0 unspecified atom stereocenters. The first-order valence-corrected chi connectivity index (χ1v) is 12.3. The van der Waals surface area contributed by atoms with Gasteiger partial charge in [-0.3, -0.25) is 14.4 Å². The van der Waals surface area contributed by atoms with E-state index in [2.05, 4.69) is 11.4 Å². The van der Waals surface area contributed by atoms with Crippen molar-refractivity contribution in [2.75, 3.05) is 19.5 Å². The molecule has 8 nitrogen and oxygen atoms in total. The van der Waals surface area contributed by atoms with E-state index in [1.165, 1.54) is 7.11 Å². The first-order chi connectivity index (χ1) is 16.1. The number of hydrogen-bond donors (Lipinski definition) is 1. The van der Waals surface area contributed by atoms with Crippen LogP contribution in [0.3, 0.4) is 0 Å². The molecule has 0 aliphatic carbocycles. The van der Waals surface area contributed by atoms with Crippen LogP contribution in [0.1, 0.15) is 46.1 Å². The predicted octanol–water partition coefficient (Wildman–Crippen LogP) is 3.86. The standard InChI is InChI=1S/C24H30ClN3O5S/c1-7-33-18-9-8-15(10-17(18)25)20-16(11-26)23(27-22(30)21(20)24(31)32-6)34-12-19(29)28(13(2)3)14(4)5/h8-10,13-14,20-21H,7,12H2,1-6H3,(H,27,30)/t20-,21+/m1/s1. The lowest BCUT2D eigenvalue weighted by atomic mass is 9.78. The molecule has 2 amide bonds. The molecular weight excluding hydrogens is 478 g/mol. The van der Waals surface area contributed by atoms with Crippen LogP contribution >= 0.6 is 23.4 Å². The first-order valence-electron chi connectivity index (χ1n) is 11.0. The van der Waals surface area contributed by atoms with Gasteiger partial charge in [-0.25, -0.2) is 0 Å². The number of nitrogens with one attached hydrogen (secondary N) is 1. The largest absolute Gasteiger partial charge is 0.492 e. The lowest BCUT2D eigenvalue weighted by Crippen LogP contribution is -2.45. The van der Waals surface area contributed by atoms with Gasteiger partial charge in [0.2, 0.25) is 11.8 Å². The molecule has 1 aliphatic rings. The second-order valence-corrected chi connectivity index (χ2v) is 9.62. The van der Waals surface area contributed by atoms with Crippen molar-refractivity contribution in [1.82, 2.24) is 10.2 Å². The highest BCUT2D eigenvalue weighted by Gasteiger charge is 2.44. The summed E-state index contributed by atoms with van der Waals surface area (Å²) in [5.74, 6) is -3.24. The van der Waals surface area contributed by atoms with Crippen LogP contribution in [0.15, 0.2) is 28.8 Å². The topological polar surface area (TPSA) is 109 Å². The molecule has 184 valence electrons. The number of carbonyl (C=O) groups excluding carboxylic acids is 3. The molecule has 2 rings (SSSR count). The highest BCUT2D eigenvalue weighted by Crippen LogP contribution is 2.42. The van der Waals surface area contributed by atoms with Crippen molar-refractivity contribution in [3.05, 3.63) is 39.4 Å². The Bertz CT molecular complexity index is 1010. The van der Waals surface area contributed by atoms with Crippen LogP contribution in [0.2, 0.25) is 5.02 Å². The molecular formula is C24H30ClN3O5S. The number of ether oxygens (including phenoxy) is 2. The maximum absolute atomic E-state index is 13.0. The predicted molar refractivity (Wildman–Crippen MR) is 131 cm³/mol. The Morgan fingerprint density at radius 3 is 2.41 bits per heavy atom. The average Bonchev–Trinajstić information content (AvgIpc) is 2.77. The molecule has 1 aliphatic heterocycles. The summed E-state index contributed by atoms with van der Waals surface area (Å²) in [7, 11) is 1.18. The van der Waals surface area contributed by atoms with Gasteiger partial charge in [0, 0.05) is 18.0 Å². The van der Waals surface area contributed by atoms with Crippen molar-refractivity contribution in [1.29, 1.82) is 5.26 Å². The van der Waals surface area contributed by atoms with Crippen LogP contribution in [0.4, 0.5) is 0 Å². The molecule has 1 heterocycles. The molecule has 0 fully saturated rings. The third-order valence-corrected chi connectivity index (χ3v) is 6.64. The van der Waals surface area contributed by atoms with Gasteiger partial charge in [-0.2, -0.15) is 5.26 Å². The lowest BCUT2D eigenvalue weighted by molar-refractivity contribution is -0.150. The highest BCUT2D eigenvalue weighted by atomic mass is 35.5. The Morgan fingerprint density at radius 2 is 1.91 bits per heavy atom. The van der Waals surface area contributed by atoms with Crippen LogP contribution in [0, 0.1) is 17.2 Å². The molecule has 0 radical (unpaired) electrons. The van der Waals surface area contributed by atoms with E-state index in [0.29, 0.717) is 22.9 Å². The number of thioether (sulfide) groups is 1. The molecule has 0 spiro atoms. The van der Waals surface area contributed by atoms with Crippen LogP contribution in [-0.2, 0) is 19.1 Å². The van der Waals surface area contributed by atoms with Gasteiger partial charge in [0.1, 0.15) is 11.7 Å². The number of nitrogens with zero attached hydrogens (tertiary/aromatic N) is 2. The minimum absolute atomic E-state index is 0.000846. The fourth-order valence-corrected chi connectivity index (χ4v) is 5.20. The average molecular weight is 508 g/mol. The van der Waals surface area contributed by atoms with Crippen LogP contribution < -0.4 is 10.1 Å². The SMILES string of the molecule is CCOc1ccc([C@@H]2C(C#N)=C(SCC(=O)N(C(C)C)C(C)C)NC(=O)[C@H]2C(=O)OC)cc1Cl. The van der Waals surface area contributed by atoms with Gasteiger partial charge in [0.15, 0.2) is 0 Å². The molecule has 34 heavy (non-hydrogen) atoms. The van der Waals surface area contributed by atoms with Gasteiger partial charge >= 0.3 is 5.97 Å². The number of hydrogen-bond acceptors (Lipinski definition) is 7. The Kier molecular flexibility index (Phi) is 9.83. The number of amides is 2. The molecule has 1 aromatic carbocycles. The minimum atomic E-state index is -1.28. The smallest absolute Gasteiger partial charge is 0.319 e. The maximum Gasteiger partial charge on any atom is 0.319 e. The monoisotopic (exact) mass is 507 g/mol. The summed E-state index contributed by atoms with van der Waals surface area (Å²) in [6, 6.07) is 7.01. The van der Waals surface area contributed by atoms with E-state index in [-0.39, 0.29) is 34.3 Å². The number of esters is 1. The molecule has 0 saturated heterocycles. The Morgan fingerprint density at radius 1 is 1.26 bits per heavy atom. The summed E-state index contributed by atoms with van der Waals surface area (Å²) >= 11 is 7.42. The molecule has 1 N–H and O–H groups in total. The number of allylic oxidation sites excluding steroid dienone is 1. The summed E-state index contributed by atoms with van der Waals surface area (Å²) in [5.41, 5.74) is 0.652. The van der Waals surface area contributed by atoms with Gasteiger partial charge in [-0.15, -0.1) is 0 Å². The maximum atomic E-state index is 13.0. The second kappa shape index (κ2) is 12.1. The van der Waals surface area contributed by atoms with Crippen molar-refractivity contribution < 1.29 is 23.9 Å². The van der Waals surface area contributed by atoms with Gasteiger partial charge in [0.05, 0.1) is 41.2 Å². The Balaban J connectivity index is 2.50. The van der Waals surface area contributed by atoms with Crippen molar-refractivity contribution in [3.63, 3.8) is 0 Å². The third kappa shape index (κ3) is 6.05. The number of halogens is 1. The van der Waals surface area contributed by atoms with E-state index in [9.17, 15) is 19.6 Å². The summed E-state index contributed by atoms with van der Waals surface area (Å²) in [5, 5.41) is 13.2. The van der Waals surface area contributed by atoms with Crippen LogP contribution in [0.25, 0.3) is 0 Å². The first kappa shape index (κ1) is 27.5. The zero-order valence-corrected chi connectivity index (χ0v) is 21.7. The zero-order chi connectivity index (χ0) is 25.6. The summed E-state index contributed by atoms with van der Waals surface area (Å²) in [6.45, 7) is 9.95. The molecule has 1 aromatic rings. The fourth-order valence-electron chi connectivity index (χ4n) is 4.04. The summed E-state index contributed by atoms with van der Waals surface area (Å²) in [6.07, 6.45) is 0. The number of rotatable bonds is 9.